The minimum Gasteiger partial charge on any atom is -0.493 e. The Morgan fingerprint density at radius 3 is 2.65 bits per heavy atom. The highest BCUT2D eigenvalue weighted by molar-refractivity contribution is 7.22. The zero-order valence-electron chi connectivity index (χ0n) is 13.1. The smallest absolute Gasteiger partial charge is 0.229 e. The van der Waals surface area contributed by atoms with Crippen LogP contribution in [0.4, 0.5) is 5.13 Å². The highest BCUT2D eigenvalue weighted by atomic mass is 32.1. The number of aromatic nitrogens is 1. The standard InChI is InChI=1S/C18H18N2O2S/c1-12-3-6-14(7-4-12)22-10-9-17(21)20-18-19-15-8-5-13(2)11-16(15)23-18/h3-8,11H,9-10H2,1-2H3,(H,19,20,21). The van der Waals surface area contributed by atoms with Crippen molar-refractivity contribution in [2.75, 3.05) is 11.9 Å². The number of amides is 1. The van der Waals surface area contributed by atoms with E-state index in [1.54, 1.807) is 0 Å². The van der Waals surface area contributed by atoms with Gasteiger partial charge in [-0.05, 0) is 43.7 Å². The third kappa shape index (κ3) is 4.07. The van der Waals surface area contributed by atoms with Gasteiger partial charge in [-0.3, -0.25) is 4.79 Å². The number of benzene rings is 2. The summed E-state index contributed by atoms with van der Waals surface area (Å²) in [4.78, 5) is 16.4. The van der Waals surface area contributed by atoms with Crippen molar-refractivity contribution in [3.8, 4) is 5.75 Å². The number of anilines is 1. The lowest BCUT2D eigenvalue weighted by Gasteiger charge is -2.06. The molecule has 0 aliphatic rings. The molecule has 0 atom stereocenters. The average molecular weight is 326 g/mol. The molecule has 4 nitrogen and oxygen atoms in total. The summed E-state index contributed by atoms with van der Waals surface area (Å²) in [6, 6.07) is 13.8. The molecule has 0 fully saturated rings. The maximum atomic E-state index is 12.0. The van der Waals surface area contributed by atoms with Gasteiger partial charge in [0, 0.05) is 0 Å². The van der Waals surface area contributed by atoms with Gasteiger partial charge in [-0.2, -0.15) is 0 Å². The van der Waals surface area contributed by atoms with Crippen molar-refractivity contribution < 1.29 is 9.53 Å². The number of nitrogens with zero attached hydrogens (tertiary/aromatic N) is 1. The van der Waals surface area contributed by atoms with E-state index in [0.29, 0.717) is 18.2 Å². The zero-order chi connectivity index (χ0) is 16.2. The second kappa shape index (κ2) is 6.79. The van der Waals surface area contributed by atoms with Gasteiger partial charge in [-0.25, -0.2) is 4.98 Å². The van der Waals surface area contributed by atoms with Crippen molar-refractivity contribution >= 4 is 32.6 Å². The molecule has 118 valence electrons. The van der Waals surface area contributed by atoms with Gasteiger partial charge in [0.05, 0.1) is 23.2 Å². The Morgan fingerprint density at radius 1 is 1.13 bits per heavy atom. The van der Waals surface area contributed by atoms with Gasteiger partial charge in [0.2, 0.25) is 5.91 Å². The molecule has 3 rings (SSSR count). The van der Waals surface area contributed by atoms with Crippen LogP contribution in [-0.4, -0.2) is 17.5 Å². The number of hydrogen-bond acceptors (Lipinski definition) is 4. The predicted octanol–water partition coefficient (Wildman–Crippen LogP) is 4.32. The third-order valence-electron chi connectivity index (χ3n) is 3.41. The fourth-order valence-corrected chi connectivity index (χ4v) is 3.14. The number of carbonyl (C=O) groups is 1. The molecule has 1 heterocycles. The topological polar surface area (TPSA) is 51.2 Å². The molecule has 1 N–H and O–H groups in total. The molecule has 0 saturated carbocycles. The second-order valence-corrected chi connectivity index (χ2v) is 6.48. The second-order valence-electron chi connectivity index (χ2n) is 5.45. The lowest BCUT2D eigenvalue weighted by molar-refractivity contribution is -0.116. The quantitative estimate of drug-likeness (QED) is 0.759. The molecule has 3 aromatic rings. The molecule has 0 radical (unpaired) electrons. The normalized spacial score (nSPS) is 10.7. The van der Waals surface area contributed by atoms with Gasteiger partial charge in [0.15, 0.2) is 5.13 Å². The van der Waals surface area contributed by atoms with E-state index < -0.39 is 0 Å². The summed E-state index contributed by atoms with van der Waals surface area (Å²) in [5.74, 6) is 0.687. The Labute approximate surface area is 139 Å². The molecular formula is C18H18N2O2S. The van der Waals surface area contributed by atoms with Gasteiger partial charge in [-0.15, -0.1) is 0 Å². The molecule has 0 saturated heterocycles. The van der Waals surface area contributed by atoms with Crippen LogP contribution in [0.1, 0.15) is 17.5 Å². The molecule has 0 unspecified atom stereocenters. The number of thiazole rings is 1. The van der Waals surface area contributed by atoms with Crippen LogP contribution in [-0.2, 0) is 4.79 Å². The van der Waals surface area contributed by atoms with E-state index in [-0.39, 0.29) is 5.91 Å². The van der Waals surface area contributed by atoms with Crippen LogP contribution in [0.15, 0.2) is 42.5 Å². The van der Waals surface area contributed by atoms with E-state index >= 15 is 0 Å². The minimum atomic E-state index is -0.0899. The van der Waals surface area contributed by atoms with E-state index in [2.05, 4.69) is 16.4 Å². The molecule has 5 heteroatoms. The van der Waals surface area contributed by atoms with Gasteiger partial charge in [0.1, 0.15) is 5.75 Å². The summed E-state index contributed by atoms with van der Waals surface area (Å²) < 4.78 is 6.65. The Hall–Kier alpha value is -2.40. The summed E-state index contributed by atoms with van der Waals surface area (Å²) >= 11 is 1.49. The number of nitrogens with one attached hydrogen (secondary N) is 1. The molecular weight excluding hydrogens is 308 g/mol. The van der Waals surface area contributed by atoms with Crippen LogP contribution >= 0.6 is 11.3 Å². The third-order valence-corrected chi connectivity index (χ3v) is 4.34. The number of rotatable bonds is 5. The molecule has 0 spiro atoms. The summed E-state index contributed by atoms with van der Waals surface area (Å²) in [5.41, 5.74) is 3.28. The van der Waals surface area contributed by atoms with Crippen LogP contribution in [0.3, 0.4) is 0 Å². The molecule has 1 aromatic heterocycles. The number of carbonyl (C=O) groups excluding carboxylic acids is 1. The van der Waals surface area contributed by atoms with Crippen molar-refractivity contribution in [3.05, 3.63) is 53.6 Å². The lowest BCUT2D eigenvalue weighted by atomic mass is 10.2. The monoisotopic (exact) mass is 326 g/mol. The largest absolute Gasteiger partial charge is 0.493 e. The maximum absolute atomic E-state index is 12.0. The van der Waals surface area contributed by atoms with Crippen LogP contribution in [0.25, 0.3) is 10.2 Å². The van der Waals surface area contributed by atoms with E-state index in [1.807, 2.05) is 50.2 Å². The number of ether oxygens (including phenoxy) is 1. The Bertz CT molecular complexity index is 825. The van der Waals surface area contributed by atoms with Crippen LogP contribution in [0.2, 0.25) is 0 Å². The minimum absolute atomic E-state index is 0.0899. The Kier molecular flexibility index (Phi) is 4.57. The van der Waals surface area contributed by atoms with Crippen molar-refractivity contribution in [1.82, 2.24) is 4.98 Å². The fourth-order valence-electron chi connectivity index (χ4n) is 2.16. The van der Waals surface area contributed by atoms with Crippen molar-refractivity contribution in [2.45, 2.75) is 20.3 Å². The van der Waals surface area contributed by atoms with Gasteiger partial charge in [0.25, 0.3) is 0 Å². The predicted molar refractivity (Wildman–Crippen MR) is 94.3 cm³/mol. The zero-order valence-corrected chi connectivity index (χ0v) is 13.9. The first-order valence-corrected chi connectivity index (χ1v) is 8.28. The highest BCUT2D eigenvalue weighted by Crippen LogP contribution is 2.26. The maximum Gasteiger partial charge on any atom is 0.229 e. The van der Waals surface area contributed by atoms with Crippen LogP contribution < -0.4 is 10.1 Å². The number of aryl methyl sites for hydroxylation is 2. The average Bonchev–Trinajstić information content (AvgIpc) is 2.90. The first-order valence-electron chi connectivity index (χ1n) is 7.47. The summed E-state index contributed by atoms with van der Waals surface area (Å²) in [6.07, 6.45) is 0.294. The van der Waals surface area contributed by atoms with E-state index in [1.165, 1.54) is 22.5 Å². The molecule has 0 aliphatic carbocycles. The fraction of sp³-hybridized carbons (Fsp3) is 0.222. The van der Waals surface area contributed by atoms with Gasteiger partial charge in [-0.1, -0.05) is 35.1 Å². The molecule has 23 heavy (non-hydrogen) atoms. The first kappa shape index (κ1) is 15.5. The van der Waals surface area contributed by atoms with Crippen molar-refractivity contribution in [1.29, 1.82) is 0 Å². The number of fused-ring (bicyclic) bond motifs is 1. The number of hydrogen-bond donors (Lipinski definition) is 1. The molecule has 0 bridgehead atoms. The lowest BCUT2D eigenvalue weighted by Crippen LogP contribution is -2.15. The molecule has 1 amide bonds. The SMILES string of the molecule is Cc1ccc(OCCC(=O)Nc2nc3ccc(C)cc3s2)cc1. The van der Waals surface area contributed by atoms with Gasteiger partial charge >= 0.3 is 0 Å². The molecule has 2 aromatic carbocycles. The summed E-state index contributed by atoms with van der Waals surface area (Å²) in [6.45, 7) is 4.41. The van der Waals surface area contributed by atoms with E-state index in [0.717, 1.165) is 16.0 Å². The van der Waals surface area contributed by atoms with Crippen molar-refractivity contribution in [2.24, 2.45) is 0 Å². The Morgan fingerprint density at radius 2 is 1.87 bits per heavy atom. The summed E-state index contributed by atoms with van der Waals surface area (Å²) in [5, 5.41) is 3.47. The van der Waals surface area contributed by atoms with Crippen molar-refractivity contribution in [3.63, 3.8) is 0 Å². The van der Waals surface area contributed by atoms with Gasteiger partial charge < -0.3 is 10.1 Å². The highest BCUT2D eigenvalue weighted by Gasteiger charge is 2.08. The summed E-state index contributed by atoms with van der Waals surface area (Å²) in [7, 11) is 0. The van der Waals surface area contributed by atoms with E-state index in [4.69, 9.17) is 4.74 Å². The molecule has 0 aliphatic heterocycles. The first-order chi connectivity index (χ1) is 11.1. The van der Waals surface area contributed by atoms with Crippen LogP contribution in [0, 0.1) is 13.8 Å². The van der Waals surface area contributed by atoms with Crippen LogP contribution in [0.5, 0.6) is 5.75 Å². The Balaban J connectivity index is 1.53. The van der Waals surface area contributed by atoms with E-state index in [9.17, 15) is 4.79 Å².